The third-order valence-corrected chi connectivity index (χ3v) is 8.03. The number of ether oxygens (including phenoxy) is 2. The molecule has 5 heterocycles. The van der Waals surface area contributed by atoms with Gasteiger partial charge < -0.3 is 19.5 Å². The van der Waals surface area contributed by atoms with Crippen LogP contribution in [0.3, 0.4) is 0 Å². The number of fused-ring (bicyclic) bond motifs is 2. The summed E-state index contributed by atoms with van der Waals surface area (Å²) in [5, 5.41) is 9.76. The van der Waals surface area contributed by atoms with Crippen molar-refractivity contribution in [1.82, 2.24) is 4.98 Å². The number of anilines is 1. The van der Waals surface area contributed by atoms with Gasteiger partial charge in [-0.1, -0.05) is 42.5 Å². The minimum atomic E-state index is -0.842. The van der Waals surface area contributed by atoms with Crippen LogP contribution in [0, 0.1) is 13.8 Å². The van der Waals surface area contributed by atoms with Crippen LogP contribution in [-0.2, 0) is 16.0 Å². The van der Waals surface area contributed by atoms with E-state index in [1.54, 1.807) is 0 Å². The fourth-order valence-electron chi connectivity index (χ4n) is 5.85. The first kappa shape index (κ1) is 26.2. The molecular formula is C32H38N2O4. The molecule has 0 amide bonds. The number of nitrogens with zero attached hydrogens (tertiary/aromatic N) is 2. The molecule has 1 fully saturated rings. The van der Waals surface area contributed by atoms with E-state index in [4.69, 9.17) is 14.5 Å². The summed E-state index contributed by atoms with van der Waals surface area (Å²) in [5.74, 6) is -0.0211. The van der Waals surface area contributed by atoms with Crippen molar-refractivity contribution in [2.45, 2.75) is 71.0 Å². The number of rotatable bonds is 3. The summed E-state index contributed by atoms with van der Waals surface area (Å²) >= 11 is 0. The lowest BCUT2D eigenvalue weighted by atomic mass is 9.90. The second-order valence-electron chi connectivity index (χ2n) is 10.9. The lowest BCUT2D eigenvalue weighted by Crippen LogP contribution is -2.45. The highest BCUT2D eigenvalue weighted by atomic mass is 16.5. The number of aromatic nitrogens is 1. The smallest absolute Gasteiger partial charge is 0.307 e. The van der Waals surface area contributed by atoms with Crippen LogP contribution >= 0.6 is 0 Å². The Morgan fingerprint density at radius 1 is 1.03 bits per heavy atom. The van der Waals surface area contributed by atoms with E-state index in [2.05, 4.69) is 48.2 Å². The number of hydrogen-bond donors (Lipinski definition) is 1. The Kier molecular flexibility index (Phi) is 7.70. The number of benzene rings is 2. The molecule has 3 aromatic rings. The molecule has 4 aliphatic rings. The lowest BCUT2D eigenvalue weighted by molar-refractivity contribution is -0.136. The number of hydrogen-bond acceptors (Lipinski definition) is 5. The molecule has 0 spiro atoms. The zero-order chi connectivity index (χ0) is 26.7. The Labute approximate surface area is 225 Å². The molecule has 6 heteroatoms. The van der Waals surface area contributed by atoms with E-state index in [9.17, 15) is 9.90 Å². The number of carboxylic acids is 1. The molecule has 1 aromatic heterocycles. The van der Waals surface area contributed by atoms with Gasteiger partial charge in [-0.25, -0.2) is 0 Å². The van der Waals surface area contributed by atoms with Gasteiger partial charge in [0.25, 0.3) is 0 Å². The third-order valence-electron chi connectivity index (χ3n) is 8.03. The standard InChI is InChI=1S/C32H38N2O4/c1-22-27(21-29(35)36)31-30(23(2)33-22)25-12-14-26(15-13-25)38-28(24-9-5-4-6-10-24)11-7-8-20-37-32(3)16-18-34(31)19-17-32/h4-6,9-10,12-15,28H,7-8,11,16-21H2,1-3H3,(H,35,36). The zero-order valence-electron chi connectivity index (χ0n) is 22.7. The van der Waals surface area contributed by atoms with Gasteiger partial charge in [0.2, 0.25) is 0 Å². The summed E-state index contributed by atoms with van der Waals surface area (Å²) in [5.41, 5.74) is 6.51. The molecular weight excluding hydrogens is 476 g/mol. The van der Waals surface area contributed by atoms with Gasteiger partial charge in [0.15, 0.2) is 0 Å². The molecule has 0 radical (unpaired) electrons. The summed E-state index contributed by atoms with van der Waals surface area (Å²) < 4.78 is 13.0. The molecule has 1 saturated heterocycles. The maximum absolute atomic E-state index is 11.9. The van der Waals surface area contributed by atoms with E-state index in [1.165, 1.54) is 5.56 Å². The van der Waals surface area contributed by atoms with E-state index in [0.29, 0.717) is 0 Å². The molecule has 1 atom stereocenters. The van der Waals surface area contributed by atoms with E-state index in [1.807, 2.05) is 32.0 Å². The molecule has 7 rings (SSSR count). The zero-order valence-corrected chi connectivity index (χ0v) is 22.7. The molecule has 4 aliphatic heterocycles. The normalized spacial score (nSPS) is 22.0. The van der Waals surface area contributed by atoms with Crippen molar-refractivity contribution in [1.29, 1.82) is 0 Å². The predicted octanol–water partition coefficient (Wildman–Crippen LogP) is 6.67. The molecule has 1 N–H and O–H groups in total. The van der Waals surface area contributed by atoms with Gasteiger partial charge in [-0.3, -0.25) is 9.78 Å². The van der Waals surface area contributed by atoms with E-state index in [-0.39, 0.29) is 18.1 Å². The number of pyridine rings is 1. The van der Waals surface area contributed by atoms with Gasteiger partial charge in [0, 0.05) is 42.2 Å². The fraction of sp³-hybridized carbons (Fsp3) is 0.438. The van der Waals surface area contributed by atoms with E-state index >= 15 is 0 Å². The van der Waals surface area contributed by atoms with Crippen molar-refractivity contribution in [3.8, 4) is 16.9 Å². The summed E-state index contributed by atoms with van der Waals surface area (Å²) in [4.78, 5) is 19.1. The Bertz CT molecular complexity index is 1260. The summed E-state index contributed by atoms with van der Waals surface area (Å²) in [6.45, 7) is 8.52. The summed E-state index contributed by atoms with van der Waals surface area (Å²) in [7, 11) is 0. The van der Waals surface area contributed by atoms with E-state index < -0.39 is 5.97 Å². The molecule has 1 unspecified atom stereocenters. The Morgan fingerprint density at radius 2 is 1.74 bits per heavy atom. The maximum atomic E-state index is 11.9. The van der Waals surface area contributed by atoms with Crippen LogP contribution in [0.4, 0.5) is 5.69 Å². The molecule has 2 aromatic carbocycles. The second-order valence-corrected chi connectivity index (χ2v) is 10.9. The third kappa shape index (κ3) is 5.70. The number of carbonyl (C=O) groups is 1. The topological polar surface area (TPSA) is 71.9 Å². The lowest BCUT2D eigenvalue weighted by Gasteiger charge is -2.42. The van der Waals surface area contributed by atoms with E-state index in [0.717, 1.165) is 91.3 Å². The van der Waals surface area contributed by atoms with Crippen molar-refractivity contribution in [2.75, 3.05) is 24.6 Å². The van der Waals surface area contributed by atoms with Crippen molar-refractivity contribution in [3.05, 3.63) is 77.1 Å². The summed E-state index contributed by atoms with van der Waals surface area (Å²) in [6.07, 6.45) is 4.64. The molecule has 0 aliphatic carbocycles. The monoisotopic (exact) mass is 514 g/mol. The highest BCUT2D eigenvalue weighted by molar-refractivity contribution is 5.86. The SMILES string of the molecule is Cc1nc(C)c2c(c1CC(=O)O)N1CCC(C)(CC1)OCCCCC(c1ccccc1)Oc1ccc-2cc1. The van der Waals surface area contributed by atoms with Gasteiger partial charge in [0.1, 0.15) is 11.9 Å². The van der Waals surface area contributed by atoms with Crippen molar-refractivity contribution < 1.29 is 19.4 Å². The molecule has 38 heavy (non-hydrogen) atoms. The van der Waals surface area contributed by atoms with Crippen LogP contribution in [0.25, 0.3) is 11.1 Å². The predicted molar refractivity (Wildman–Crippen MR) is 150 cm³/mol. The van der Waals surface area contributed by atoms with Crippen molar-refractivity contribution in [2.24, 2.45) is 0 Å². The van der Waals surface area contributed by atoms with Crippen LogP contribution in [0.2, 0.25) is 0 Å². The van der Waals surface area contributed by atoms with Gasteiger partial charge in [-0.15, -0.1) is 0 Å². The Morgan fingerprint density at radius 3 is 2.42 bits per heavy atom. The minimum absolute atomic E-state index is 0.0317. The molecule has 200 valence electrons. The highest BCUT2D eigenvalue weighted by Crippen LogP contribution is 2.41. The number of piperidine rings is 1. The maximum Gasteiger partial charge on any atom is 0.307 e. The Hall–Kier alpha value is -3.38. The van der Waals surface area contributed by atoms with Crippen LogP contribution in [0.5, 0.6) is 5.75 Å². The second kappa shape index (κ2) is 11.2. The first-order valence-electron chi connectivity index (χ1n) is 13.8. The van der Waals surface area contributed by atoms with Gasteiger partial charge in [0.05, 0.1) is 17.7 Å². The van der Waals surface area contributed by atoms with Crippen molar-refractivity contribution >= 4 is 11.7 Å². The molecule has 0 saturated carbocycles. The van der Waals surface area contributed by atoms with Gasteiger partial charge in [-0.05, 0) is 76.1 Å². The first-order valence-corrected chi connectivity index (χ1v) is 13.8. The fourth-order valence-corrected chi connectivity index (χ4v) is 5.85. The largest absolute Gasteiger partial charge is 0.486 e. The minimum Gasteiger partial charge on any atom is -0.486 e. The number of aliphatic carboxylic acids is 1. The Balaban J connectivity index is 1.59. The highest BCUT2D eigenvalue weighted by Gasteiger charge is 2.34. The number of carboxylic acid groups (broad SMARTS) is 1. The van der Waals surface area contributed by atoms with Crippen LogP contribution in [0.15, 0.2) is 54.6 Å². The van der Waals surface area contributed by atoms with Crippen LogP contribution < -0.4 is 9.64 Å². The van der Waals surface area contributed by atoms with Gasteiger partial charge >= 0.3 is 5.97 Å². The van der Waals surface area contributed by atoms with Crippen molar-refractivity contribution in [3.63, 3.8) is 0 Å². The average Bonchev–Trinajstić information content (AvgIpc) is 2.91. The molecule has 6 nitrogen and oxygen atoms in total. The van der Waals surface area contributed by atoms with Crippen LogP contribution in [0.1, 0.15) is 67.6 Å². The molecule has 4 bridgehead atoms. The number of aryl methyl sites for hydroxylation is 2. The van der Waals surface area contributed by atoms with Crippen LogP contribution in [-0.4, -0.2) is 41.4 Å². The summed E-state index contributed by atoms with van der Waals surface area (Å²) in [6, 6.07) is 18.6. The average molecular weight is 515 g/mol. The first-order chi connectivity index (χ1) is 18.3. The quantitative estimate of drug-likeness (QED) is 0.421. The van der Waals surface area contributed by atoms with Gasteiger partial charge in [-0.2, -0.15) is 0 Å².